The van der Waals surface area contributed by atoms with Gasteiger partial charge in [0.25, 0.3) is 5.91 Å². The van der Waals surface area contributed by atoms with Gasteiger partial charge in [0.2, 0.25) is 0 Å². The zero-order valence-electron chi connectivity index (χ0n) is 12.4. The zero-order valence-corrected chi connectivity index (χ0v) is 12.4. The van der Waals surface area contributed by atoms with Crippen LogP contribution in [0, 0.1) is 0 Å². The predicted octanol–water partition coefficient (Wildman–Crippen LogP) is 2.91. The molecule has 0 aromatic heterocycles. The lowest BCUT2D eigenvalue weighted by Crippen LogP contribution is -2.34. The molecule has 1 heterocycles. The Morgan fingerprint density at radius 1 is 1.00 bits per heavy atom. The standard InChI is InChI=1S/C18H18N2O2/c1-13(15-10-6-3-7-11-15)20-17(21)16(19-18(20)22)12-14-8-4-2-5-9-14/h2-11,13,16H,12H2,1H3,(H,19,22)/t13-,16?/m1/s1. The van der Waals surface area contributed by atoms with Crippen molar-refractivity contribution in [3.63, 3.8) is 0 Å². The number of rotatable bonds is 4. The molecule has 3 amide bonds. The molecule has 1 saturated heterocycles. The second kappa shape index (κ2) is 6.02. The number of imide groups is 1. The summed E-state index contributed by atoms with van der Waals surface area (Å²) in [6.45, 7) is 1.87. The molecule has 2 atom stereocenters. The van der Waals surface area contributed by atoms with Gasteiger partial charge in [0.15, 0.2) is 0 Å². The van der Waals surface area contributed by atoms with E-state index in [1.165, 1.54) is 4.90 Å². The van der Waals surface area contributed by atoms with E-state index in [4.69, 9.17) is 0 Å². The summed E-state index contributed by atoms with van der Waals surface area (Å²) in [6.07, 6.45) is 0.517. The smallest absolute Gasteiger partial charge is 0.325 e. The van der Waals surface area contributed by atoms with E-state index < -0.39 is 6.04 Å². The van der Waals surface area contributed by atoms with Crippen LogP contribution in [0.1, 0.15) is 24.1 Å². The van der Waals surface area contributed by atoms with Crippen LogP contribution >= 0.6 is 0 Å². The van der Waals surface area contributed by atoms with Gasteiger partial charge in [0.05, 0.1) is 6.04 Å². The Labute approximate surface area is 129 Å². The zero-order chi connectivity index (χ0) is 15.5. The molecule has 0 bridgehead atoms. The van der Waals surface area contributed by atoms with Crippen LogP contribution in [0.25, 0.3) is 0 Å². The molecule has 1 N–H and O–H groups in total. The summed E-state index contributed by atoms with van der Waals surface area (Å²) in [4.78, 5) is 26.1. The third-order valence-electron chi connectivity index (χ3n) is 4.00. The molecule has 1 aliphatic heterocycles. The van der Waals surface area contributed by atoms with Gasteiger partial charge in [0, 0.05) is 6.42 Å². The third-order valence-corrected chi connectivity index (χ3v) is 4.00. The first-order valence-corrected chi connectivity index (χ1v) is 7.39. The van der Waals surface area contributed by atoms with Crippen molar-refractivity contribution in [1.29, 1.82) is 0 Å². The number of nitrogens with one attached hydrogen (secondary N) is 1. The monoisotopic (exact) mass is 294 g/mol. The van der Waals surface area contributed by atoms with Gasteiger partial charge in [-0.3, -0.25) is 9.69 Å². The van der Waals surface area contributed by atoms with Gasteiger partial charge in [0.1, 0.15) is 6.04 Å². The highest BCUT2D eigenvalue weighted by Crippen LogP contribution is 2.24. The Morgan fingerprint density at radius 3 is 2.23 bits per heavy atom. The van der Waals surface area contributed by atoms with Gasteiger partial charge < -0.3 is 5.32 Å². The number of nitrogens with zero attached hydrogens (tertiary/aromatic N) is 1. The van der Waals surface area contributed by atoms with Crippen molar-refractivity contribution in [1.82, 2.24) is 10.2 Å². The molecule has 3 rings (SSSR count). The molecule has 22 heavy (non-hydrogen) atoms. The normalized spacial score (nSPS) is 19.1. The van der Waals surface area contributed by atoms with Gasteiger partial charge in [-0.2, -0.15) is 0 Å². The maximum atomic E-state index is 12.6. The molecule has 1 unspecified atom stereocenters. The largest absolute Gasteiger partial charge is 0.325 e. The van der Waals surface area contributed by atoms with Crippen molar-refractivity contribution >= 4 is 11.9 Å². The average molecular weight is 294 g/mol. The number of hydrogen-bond acceptors (Lipinski definition) is 2. The molecule has 2 aromatic carbocycles. The Balaban J connectivity index is 1.77. The van der Waals surface area contributed by atoms with Crippen molar-refractivity contribution in [3.8, 4) is 0 Å². The lowest BCUT2D eigenvalue weighted by atomic mass is 10.0. The van der Waals surface area contributed by atoms with Crippen LogP contribution < -0.4 is 5.32 Å². The maximum absolute atomic E-state index is 12.6. The van der Waals surface area contributed by atoms with E-state index in [9.17, 15) is 9.59 Å². The first-order valence-electron chi connectivity index (χ1n) is 7.39. The molecule has 1 fully saturated rings. The summed E-state index contributed by atoms with van der Waals surface area (Å²) in [7, 11) is 0. The van der Waals surface area contributed by atoms with Crippen molar-refractivity contribution in [2.75, 3.05) is 0 Å². The summed E-state index contributed by atoms with van der Waals surface area (Å²) in [5, 5.41) is 2.79. The van der Waals surface area contributed by atoms with Gasteiger partial charge >= 0.3 is 6.03 Å². The van der Waals surface area contributed by atoms with Crippen LogP contribution in [0.3, 0.4) is 0 Å². The van der Waals surface area contributed by atoms with Crippen molar-refractivity contribution < 1.29 is 9.59 Å². The molecule has 0 spiro atoms. The number of carbonyl (C=O) groups excluding carboxylic acids is 2. The molecular formula is C18H18N2O2. The van der Waals surface area contributed by atoms with Crippen LogP contribution in [0.2, 0.25) is 0 Å². The van der Waals surface area contributed by atoms with Crippen LogP contribution in [0.15, 0.2) is 60.7 Å². The highest BCUT2D eigenvalue weighted by Gasteiger charge is 2.40. The van der Waals surface area contributed by atoms with Crippen LogP contribution in [0.5, 0.6) is 0 Å². The topological polar surface area (TPSA) is 49.4 Å². The van der Waals surface area contributed by atoms with E-state index in [0.29, 0.717) is 6.42 Å². The lowest BCUT2D eigenvalue weighted by Gasteiger charge is -2.21. The fourth-order valence-electron chi connectivity index (χ4n) is 2.78. The lowest BCUT2D eigenvalue weighted by molar-refractivity contribution is -0.128. The molecule has 0 saturated carbocycles. The van der Waals surface area contributed by atoms with E-state index in [1.54, 1.807) is 0 Å². The van der Waals surface area contributed by atoms with E-state index in [-0.39, 0.29) is 18.0 Å². The second-order valence-corrected chi connectivity index (χ2v) is 5.49. The van der Waals surface area contributed by atoms with E-state index in [0.717, 1.165) is 11.1 Å². The fraction of sp³-hybridized carbons (Fsp3) is 0.222. The van der Waals surface area contributed by atoms with Gasteiger partial charge in [-0.15, -0.1) is 0 Å². The maximum Gasteiger partial charge on any atom is 0.325 e. The average Bonchev–Trinajstić information content (AvgIpc) is 2.82. The molecular weight excluding hydrogens is 276 g/mol. The number of carbonyl (C=O) groups is 2. The van der Waals surface area contributed by atoms with Gasteiger partial charge in [-0.1, -0.05) is 60.7 Å². The summed E-state index contributed by atoms with van der Waals surface area (Å²) < 4.78 is 0. The summed E-state index contributed by atoms with van der Waals surface area (Å²) in [5.74, 6) is -0.162. The van der Waals surface area contributed by atoms with Crippen LogP contribution in [-0.2, 0) is 11.2 Å². The highest BCUT2D eigenvalue weighted by molar-refractivity contribution is 6.04. The molecule has 4 heteroatoms. The first kappa shape index (κ1) is 14.3. The highest BCUT2D eigenvalue weighted by atomic mass is 16.2. The quantitative estimate of drug-likeness (QED) is 0.881. The van der Waals surface area contributed by atoms with Crippen molar-refractivity contribution in [3.05, 3.63) is 71.8 Å². The van der Waals surface area contributed by atoms with E-state index >= 15 is 0 Å². The molecule has 112 valence electrons. The summed E-state index contributed by atoms with van der Waals surface area (Å²) >= 11 is 0. The van der Waals surface area contributed by atoms with Crippen molar-refractivity contribution in [2.45, 2.75) is 25.4 Å². The van der Waals surface area contributed by atoms with Crippen LogP contribution in [0.4, 0.5) is 4.79 Å². The molecule has 4 nitrogen and oxygen atoms in total. The first-order chi connectivity index (χ1) is 10.7. The van der Waals surface area contributed by atoms with Gasteiger partial charge in [-0.25, -0.2) is 4.79 Å². The molecule has 2 aromatic rings. The third kappa shape index (κ3) is 2.72. The number of amides is 3. The SMILES string of the molecule is C[C@H](c1ccccc1)N1C(=O)NC(Cc2ccccc2)C1=O. The van der Waals surface area contributed by atoms with E-state index in [1.807, 2.05) is 67.6 Å². The van der Waals surface area contributed by atoms with Crippen LogP contribution in [-0.4, -0.2) is 22.9 Å². The minimum atomic E-state index is -0.485. The predicted molar refractivity (Wildman–Crippen MR) is 84.2 cm³/mol. The minimum absolute atomic E-state index is 0.162. The fourth-order valence-corrected chi connectivity index (χ4v) is 2.78. The molecule has 0 aliphatic carbocycles. The summed E-state index contributed by atoms with van der Waals surface area (Å²) in [6, 6.07) is 18.2. The molecule has 0 radical (unpaired) electrons. The van der Waals surface area contributed by atoms with Gasteiger partial charge in [-0.05, 0) is 18.1 Å². The summed E-state index contributed by atoms with van der Waals surface area (Å²) in [5.41, 5.74) is 1.99. The molecule has 1 aliphatic rings. The number of urea groups is 1. The Morgan fingerprint density at radius 2 is 1.59 bits per heavy atom. The number of benzene rings is 2. The Hall–Kier alpha value is -2.62. The van der Waals surface area contributed by atoms with E-state index in [2.05, 4.69) is 5.32 Å². The number of hydrogen-bond donors (Lipinski definition) is 1. The second-order valence-electron chi connectivity index (χ2n) is 5.49. The van der Waals surface area contributed by atoms with Crippen molar-refractivity contribution in [2.24, 2.45) is 0 Å². The minimum Gasteiger partial charge on any atom is -0.325 e. The Bertz CT molecular complexity index is 670. The Kier molecular flexibility index (Phi) is 3.92.